The standard InChI is InChI=1S/C11H10Cl2N4O2/c1-6(4-10(18)19)17-11(14-15-16-17)8-3-2-7(12)5-9(8)13/h2-3,5-6H,4H2,1H3,(H,18,19). The summed E-state index contributed by atoms with van der Waals surface area (Å²) in [5.74, 6) is -0.508. The van der Waals surface area contributed by atoms with E-state index in [2.05, 4.69) is 15.5 Å². The average molecular weight is 301 g/mol. The van der Waals surface area contributed by atoms with Gasteiger partial charge in [-0.25, -0.2) is 4.68 Å². The van der Waals surface area contributed by atoms with Gasteiger partial charge in [-0.15, -0.1) is 5.10 Å². The van der Waals surface area contributed by atoms with E-state index in [4.69, 9.17) is 28.3 Å². The molecule has 0 fully saturated rings. The highest BCUT2D eigenvalue weighted by atomic mass is 35.5. The summed E-state index contributed by atoms with van der Waals surface area (Å²) in [6, 6.07) is 4.57. The molecule has 8 heteroatoms. The number of aromatic nitrogens is 4. The van der Waals surface area contributed by atoms with Gasteiger partial charge >= 0.3 is 5.97 Å². The number of hydrogen-bond donors (Lipinski definition) is 1. The minimum absolute atomic E-state index is 0.0801. The van der Waals surface area contributed by atoms with Crippen LogP contribution in [0.15, 0.2) is 18.2 Å². The molecule has 19 heavy (non-hydrogen) atoms. The fraction of sp³-hybridized carbons (Fsp3) is 0.273. The molecular weight excluding hydrogens is 291 g/mol. The summed E-state index contributed by atoms with van der Waals surface area (Å²) in [5.41, 5.74) is 0.605. The highest BCUT2D eigenvalue weighted by Gasteiger charge is 2.18. The normalized spacial score (nSPS) is 12.4. The van der Waals surface area contributed by atoms with E-state index in [9.17, 15) is 4.79 Å². The number of nitrogens with zero attached hydrogens (tertiary/aromatic N) is 4. The third-order valence-corrected chi connectivity index (χ3v) is 3.10. The molecule has 1 aromatic heterocycles. The Hall–Kier alpha value is -1.66. The number of carboxylic acid groups (broad SMARTS) is 1. The third-order valence-electron chi connectivity index (χ3n) is 2.55. The number of tetrazole rings is 1. The molecule has 1 heterocycles. The van der Waals surface area contributed by atoms with Crippen LogP contribution in [0, 0.1) is 0 Å². The van der Waals surface area contributed by atoms with Crippen molar-refractivity contribution in [2.24, 2.45) is 0 Å². The first kappa shape index (κ1) is 13.8. The van der Waals surface area contributed by atoms with E-state index in [0.717, 1.165) is 0 Å². The third kappa shape index (κ3) is 3.02. The first-order chi connectivity index (χ1) is 8.99. The summed E-state index contributed by atoms with van der Waals surface area (Å²) in [4.78, 5) is 10.7. The summed E-state index contributed by atoms with van der Waals surface area (Å²) in [6.07, 6.45) is -0.0801. The molecular formula is C11H10Cl2N4O2. The molecule has 1 atom stereocenters. The van der Waals surface area contributed by atoms with Gasteiger partial charge in [0.2, 0.25) is 0 Å². The van der Waals surface area contributed by atoms with E-state index in [1.165, 1.54) is 4.68 Å². The van der Waals surface area contributed by atoms with Crippen molar-refractivity contribution in [3.63, 3.8) is 0 Å². The molecule has 2 aromatic rings. The summed E-state index contributed by atoms with van der Waals surface area (Å²) in [6.45, 7) is 1.72. The molecule has 0 aliphatic carbocycles. The Bertz CT molecular complexity index is 614. The first-order valence-electron chi connectivity index (χ1n) is 5.44. The topological polar surface area (TPSA) is 80.9 Å². The van der Waals surface area contributed by atoms with E-state index in [0.29, 0.717) is 21.4 Å². The predicted molar refractivity (Wildman–Crippen MR) is 70.2 cm³/mol. The Morgan fingerprint density at radius 2 is 2.21 bits per heavy atom. The number of rotatable bonds is 4. The molecule has 0 bridgehead atoms. The molecule has 0 spiro atoms. The van der Waals surface area contributed by atoms with Crippen LogP contribution in [0.2, 0.25) is 10.0 Å². The molecule has 0 saturated heterocycles. The van der Waals surface area contributed by atoms with Crippen LogP contribution in [0.3, 0.4) is 0 Å². The van der Waals surface area contributed by atoms with Crippen molar-refractivity contribution in [1.82, 2.24) is 20.2 Å². The van der Waals surface area contributed by atoms with E-state index in [1.54, 1.807) is 25.1 Å². The molecule has 0 aliphatic heterocycles. The minimum Gasteiger partial charge on any atom is -0.481 e. The van der Waals surface area contributed by atoms with Crippen molar-refractivity contribution in [3.8, 4) is 11.4 Å². The lowest BCUT2D eigenvalue weighted by atomic mass is 10.2. The zero-order valence-corrected chi connectivity index (χ0v) is 11.4. The molecule has 1 unspecified atom stereocenters. The van der Waals surface area contributed by atoms with Gasteiger partial charge in [0.15, 0.2) is 5.82 Å². The van der Waals surface area contributed by atoms with Gasteiger partial charge < -0.3 is 5.11 Å². The van der Waals surface area contributed by atoms with Crippen LogP contribution < -0.4 is 0 Å². The minimum atomic E-state index is -0.920. The highest BCUT2D eigenvalue weighted by molar-refractivity contribution is 6.36. The molecule has 0 radical (unpaired) electrons. The molecule has 0 amide bonds. The van der Waals surface area contributed by atoms with Crippen molar-refractivity contribution >= 4 is 29.2 Å². The largest absolute Gasteiger partial charge is 0.481 e. The van der Waals surface area contributed by atoms with Crippen LogP contribution in [0.4, 0.5) is 0 Å². The van der Waals surface area contributed by atoms with E-state index in [-0.39, 0.29) is 12.5 Å². The molecule has 0 aliphatic rings. The summed E-state index contributed by atoms with van der Waals surface area (Å²) in [7, 11) is 0. The number of benzene rings is 1. The zero-order valence-electron chi connectivity index (χ0n) is 9.92. The number of halogens is 2. The lowest BCUT2D eigenvalue weighted by Crippen LogP contribution is -2.13. The maximum Gasteiger partial charge on any atom is 0.305 e. The Kier molecular flexibility index (Phi) is 4.01. The van der Waals surface area contributed by atoms with Gasteiger partial charge in [-0.2, -0.15) is 0 Å². The van der Waals surface area contributed by atoms with E-state index in [1.807, 2.05) is 0 Å². The second kappa shape index (κ2) is 5.54. The van der Waals surface area contributed by atoms with E-state index < -0.39 is 5.97 Å². The van der Waals surface area contributed by atoms with Crippen LogP contribution in [0.25, 0.3) is 11.4 Å². The first-order valence-corrected chi connectivity index (χ1v) is 6.19. The summed E-state index contributed by atoms with van der Waals surface area (Å²) < 4.78 is 1.43. The number of hydrogen-bond acceptors (Lipinski definition) is 4. The fourth-order valence-corrected chi connectivity index (χ4v) is 2.17. The Morgan fingerprint density at radius 1 is 1.47 bits per heavy atom. The SMILES string of the molecule is CC(CC(=O)O)n1nnnc1-c1ccc(Cl)cc1Cl. The van der Waals surface area contributed by atoms with Crippen molar-refractivity contribution < 1.29 is 9.90 Å². The fourth-order valence-electron chi connectivity index (χ4n) is 1.68. The maximum atomic E-state index is 10.7. The second-order valence-electron chi connectivity index (χ2n) is 4.02. The molecule has 6 nitrogen and oxygen atoms in total. The molecule has 2 rings (SSSR count). The second-order valence-corrected chi connectivity index (χ2v) is 4.86. The quantitative estimate of drug-likeness (QED) is 0.939. The average Bonchev–Trinajstić information content (AvgIpc) is 2.76. The molecule has 0 saturated carbocycles. The van der Waals surface area contributed by atoms with Gasteiger partial charge in [-0.05, 0) is 35.5 Å². The molecule has 100 valence electrons. The number of carboxylic acids is 1. The van der Waals surface area contributed by atoms with Gasteiger partial charge in [0.25, 0.3) is 0 Å². The monoisotopic (exact) mass is 300 g/mol. The van der Waals surface area contributed by atoms with Gasteiger partial charge in [0, 0.05) is 10.6 Å². The Labute approximate surface area is 118 Å². The van der Waals surface area contributed by atoms with E-state index >= 15 is 0 Å². The lowest BCUT2D eigenvalue weighted by molar-refractivity contribution is -0.137. The van der Waals surface area contributed by atoms with Crippen molar-refractivity contribution in [2.75, 3.05) is 0 Å². The van der Waals surface area contributed by atoms with Gasteiger partial charge in [-0.3, -0.25) is 4.79 Å². The number of aliphatic carboxylic acids is 1. The predicted octanol–water partition coefficient (Wildman–Crippen LogP) is 2.68. The van der Waals surface area contributed by atoms with Crippen molar-refractivity contribution in [1.29, 1.82) is 0 Å². The van der Waals surface area contributed by atoms with Gasteiger partial charge in [0.05, 0.1) is 17.5 Å². The van der Waals surface area contributed by atoms with Crippen LogP contribution in [0.1, 0.15) is 19.4 Å². The molecule has 1 N–H and O–H groups in total. The van der Waals surface area contributed by atoms with Crippen molar-refractivity contribution in [3.05, 3.63) is 28.2 Å². The van der Waals surface area contributed by atoms with Crippen LogP contribution in [0.5, 0.6) is 0 Å². The highest BCUT2D eigenvalue weighted by Crippen LogP contribution is 2.30. The molecule has 1 aromatic carbocycles. The van der Waals surface area contributed by atoms with Crippen LogP contribution in [-0.2, 0) is 4.79 Å². The maximum absolute atomic E-state index is 10.7. The summed E-state index contributed by atoms with van der Waals surface area (Å²) in [5, 5.41) is 21.0. The number of carbonyl (C=O) groups is 1. The zero-order chi connectivity index (χ0) is 14.0. The lowest BCUT2D eigenvalue weighted by Gasteiger charge is -2.11. The van der Waals surface area contributed by atoms with Crippen molar-refractivity contribution in [2.45, 2.75) is 19.4 Å². The Morgan fingerprint density at radius 3 is 2.84 bits per heavy atom. The van der Waals surface area contributed by atoms with Gasteiger partial charge in [-0.1, -0.05) is 23.2 Å². The van der Waals surface area contributed by atoms with Crippen LogP contribution in [-0.4, -0.2) is 31.3 Å². The van der Waals surface area contributed by atoms with Gasteiger partial charge in [0.1, 0.15) is 0 Å². The Balaban J connectivity index is 2.41. The van der Waals surface area contributed by atoms with Crippen LogP contribution >= 0.6 is 23.2 Å². The smallest absolute Gasteiger partial charge is 0.305 e. The summed E-state index contributed by atoms with van der Waals surface area (Å²) >= 11 is 11.9.